The highest BCUT2D eigenvalue weighted by molar-refractivity contribution is 4.79. The summed E-state index contributed by atoms with van der Waals surface area (Å²) in [7, 11) is 0. The van der Waals surface area contributed by atoms with Gasteiger partial charge in [0.05, 0.1) is 6.10 Å². The van der Waals surface area contributed by atoms with Gasteiger partial charge >= 0.3 is 0 Å². The van der Waals surface area contributed by atoms with Crippen LogP contribution in [0.5, 0.6) is 0 Å². The lowest BCUT2D eigenvalue weighted by Crippen LogP contribution is -2.32. The van der Waals surface area contributed by atoms with Crippen molar-refractivity contribution < 1.29 is 5.11 Å². The smallest absolute Gasteiger partial charge is 0.0552 e. The van der Waals surface area contributed by atoms with Crippen molar-refractivity contribution in [1.82, 2.24) is 10.2 Å². The van der Waals surface area contributed by atoms with Gasteiger partial charge in [-0.2, -0.15) is 0 Å². The molecule has 1 saturated heterocycles. The summed E-state index contributed by atoms with van der Waals surface area (Å²) >= 11 is 0. The van der Waals surface area contributed by atoms with E-state index in [1.807, 2.05) is 6.92 Å². The lowest BCUT2D eigenvalue weighted by molar-refractivity contribution is 0.126. The fourth-order valence-electron chi connectivity index (χ4n) is 2.32. The van der Waals surface area contributed by atoms with E-state index in [9.17, 15) is 5.11 Å². The van der Waals surface area contributed by atoms with E-state index < -0.39 is 0 Å². The van der Waals surface area contributed by atoms with Gasteiger partial charge in [0.2, 0.25) is 0 Å². The van der Waals surface area contributed by atoms with Crippen molar-refractivity contribution in [2.24, 2.45) is 11.8 Å². The lowest BCUT2D eigenvalue weighted by Gasteiger charge is -2.21. The van der Waals surface area contributed by atoms with Gasteiger partial charge in [-0.05, 0) is 44.8 Å². The molecule has 3 unspecified atom stereocenters. The molecule has 90 valence electrons. The molecular formula is C12H26N2O. The summed E-state index contributed by atoms with van der Waals surface area (Å²) < 4.78 is 0. The molecule has 15 heavy (non-hydrogen) atoms. The Morgan fingerprint density at radius 3 is 2.73 bits per heavy atom. The molecule has 3 heteroatoms. The van der Waals surface area contributed by atoms with E-state index in [2.05, 4.69) is 24.1 Å². The molecule has 0 aliphatic carbocycles. The van der Waals surface area contributed by atoms with Crippen molar-refractivity contribution in [2.75, 3.05) is 32.7 Å². The second kappa shape index (κ2) is 6.46. The normalized spacial score (nSPS) is 26.8. The predicted molar refractivity (Wildman–Crippen MR) is 63.9 cm³/mol. The maximum atomic E-state index is 9.51. The summed E-state index contributed by atoms with van der Waals surface area (Å²) in [6.45, 7) is 11.9. The highest BCUT2D eigenvalue weighted by atomic mass is 16.3. The van der Waals surface area contributed by atoms with E-state index in [0.29, 0.717) is 11.8 Å². The van der Waals surface area contributed by atoms with Crippen LogP contribution in [0.15, 0.2) is 0 Å². The maximum Gasteiger partial charge on any atom is 0.0552 e. The number of likely N-dealkylation sites (tertiary alicyclic amines) is 1. The summed E-state index contributed by atoms with van der Waals surface area (Å²) in [5, 5.41) is 12.9. The Morgan fingerprint density at radius 1 is 1.47 bits per heavy atom. The van der Waals surface area contributed by atoms with Crippen LogP contribution < -0.4 is 5.32 Å². The van der Waals surface area contributed by atoms with Crippen molar-refractivity contribution in [2.45, 2.75) is 33.3 Å². The molecule has 1 fully saturated rings. The number of aliphatic hydroxyl groups excluding tert-OH is 1. The van der Waals surface area contributed by atoms with Crippen molar-refractivity contribution in [3.05, 3.63) is 0 Å². The van der Waals surface area contributed by atoms with Crippen molar-refractivity contribution in [3.63, 3.8) is 0 Å². The fraction of sp³-hybridized carbons (Fsp3) is 1.00. The van der Waals surface area contributed by atoms with Gasteiger partial charge in [-0.15, -0.1) is 0 Å². The van der Waals surface area contributed by atoms with Crippen LogP contribution in [0.2, 0.25) is 0 Å². The first-order chi connectivity index (χ1) is 7.13. The molecule has 1 aliphatic heterocycles. The van der Waals surface area contributed by atoms with Gasteiger partial charge in [0.1, 0.15) is 0 Å². The van der Waals surface area contributed by atoms with Gasteiger partial charge in [0.25, 0.3) is 0 Å². The molecule has 0 amide bonds. The zero-order valence-corrected chi connectivity index (χ0v) is 10.4. The molecule has 0 aromatic carbocycles. The standard InChI is InChI=1S/C12H26N2O/c1-4-13-7-10(2)8-14-6-5-12(9-14)11(3)15/h10-13,15H,4-9H2,1-3H3. The minimum atomic E-state index is -0.140. The van der Waals surface area contributed by atoms with Crippen LogP contribution in [0.4, 0.5) is 0 Å². The molecule has 0 saturated carbocycles. The average Bonchev–Trinajstić information content (AvgIpc) is 2.63. The highest BCUT2D eigenvalue weighted by Gasteiger charge is 2.26. The Morgan fingerprint density at radius 2 is 2.20 bits per heavy atom. The number of aliphatic hydroxyl groups is 1. The Bertz CT molecular complexity index is 173. The molecule has 0 radical (unpaired) electrons. The molecule has 3 atom stereocenters. The quantitative estimate of drug-likeness (QED) is 0.690. The minimum Gasteiger partial charge on any atom is -0.393 e. The molecular weight excluding hydrogens is 188 g/mol. The van der Waals surface area contributed by atoms with E-state index in [0.717, 1.165) is 39.1 Å². The van der Waals surface area contributed by atoms with E-state index in [4.69, 9.17) is 0 Å². The largest absolute Gasteiger partial charge is 0.393 e. The van der Waals surface area contributed by atoms with Crippen LogP contribution in [0, 0.1) is 11.8 Å². The predicted octanol–water partition coefficient (Wildman–Crippen LogP) is 0.935. The van der Waals surface area contributed by atoms with Gasteiger partial charge < -0.3 is 15.3 Å². The summed E-state index contributed by atoms with van der Waals surface area (Å²) in [4.78, 5) is 2.49. The van der Waals surface area contributed by atoms with Gasteiger partial charge in [-0.3, -0.25) is 0 Å². The molecule has 3 nitrogen and oxygen atoms in total. The molecule has 1 aliphatic rings. The lowest BCUT2D eigenvalue weighted by atomic mass is 10.0. The van der Waals surface area contributed by atoms with Crippen LogP contribution in [0.3, 0.4) is 0 Å². The van der Waals surface area contributed by atoms with Crippen LogP contribution >= 0.6 is 0 Å². The van der Waals surface area contributed by atoms with Crippen molar-refractivity contribution in [3.8, 4) is 0 Å². The monoisotopic (exact) mass is 214 g/mol. The average molecular weight is 214 g/mol. The number of hydrogen-bond donors (Lipinski definition) is 2. The van der Waals surface area contributed by atoms with Crippen LogP contribution in [0.25, 0.3) is 0 Å². The summed E-state index contributed by atoms with van der Waals surface area (Å²) in [5.74, 6) is 1.20. The third-order valence-corrected chi connectivity index (χ3v) is 3.30. The van der Waals surface area contributed by atoms with E-state index >= 15 is 0 Å². The molecule has 1 heterocycles. The Kier molecular flexibility index (Phi) is 5.58. The van der Waals surface area contributed by atoms with E-state index in [1.165, 1.54) is 0 Å². The molecule has 0 spiro atoms. The minimum absolute atomic E-state index is 0.140. The highest BCUT2D eigenvalue weighted by Crippen LogP contribution is 2.20. The first-order valence-electron chi connectivity index (χ1n) is 6.24. The molecule has 2 N–H and O–H groups in total. The molecule has 0 bridgehead atoms. The fourth-order valence-corrected chi connectivity index (χ4v) is 2.32. The van der Waals surface area contributed by atoms with Crippen molar-refractivity contribution in [1.29, 1.82) is 0 Å². The van der Waals surface area contributed by atoms with Gasteiger partial charge in [0.15, 0.2) is 0 Å². The molecule has 1 rings (SSSR count). The first kappa shape index (κ1) is 12.9. The number of nitrogens with one attached hydrogen (secondary N) is 1. The number of rotatable bonds is 6. The third-order valence-electron chi connectivity index (χ3n) is 3.30. The number of nitrogens with zero attached hydrogens (tertiary/aromatic N) is 1. The second-order valence-electron chi connectivity index (χ2n) is 4.96. The Labute approximate surface area is 93.9 Å². The maximum absolute atomic E-state index is 9.51. The molecule has 0 aromatic rings. The third kappa shape index (κ3) is 4.49. The summed E-state index contributed by atoms with van der Waals surface area (Å²) in [6, 6.07) is 0. The van der Waals surface area contributed by atoms with Crippen molar-refractivity contribution >= 4 is 0 Å². The van der Waals surface area contributed by atoms with Gasteiger partial charge in [-0.25, -0.2) is 0 Å². The SMILES string of the molecule is CCNCC(C)CN1CCC(C(C)O)C1. The van der Waals surface area contributed by atoms with Crippen LogP contribution in [-0.4, -0.2) is 48.8 Å². The topological polar surface area (TPSA) is 35.5 Å². The van der Waals surface area contributed by atoms with Crippen LogP contribution in [0.1, 0.15) is 27.2 Å². The number of hydrogen-bond acceptors (Lipinski definition) is 3. The molecule has 0 aromatic heterocycles. The Balaban J connectivity index is 2.17. The van der Waals surface area contributed by atoms with E-state index in [1.54, 1.807) is 0 Å². The zero-order chi connectivity index (χ0) is 11.3. The summed E-state index contributed by atoms with van der Waals surface area (Å²) in [6.07, 6.45) is 1.02. The zero-order valence-electron chi connectivity index (χ0n) is 10.4. The van der Waals surface area contributed by atoms with E-state index in [-0.39, 0.29) is 6.10 Å². The second-order valence-corrected chi connectivity index (χ2v) is 4.96. The summed E-state index contributed by atoms with van der Waals surface area (Å²) in [5.41, 5.74) is 0. The van der Waals surface area contributed by atoms with Gasteiger partial charge in [0, 0.05) is 13.1 Å². The van der Waals surface area contributed by atoms with Gasteiger partial charge in [-0.1, -0.05) is 13.8 Å². The Hall–Kier alpha value is -0.120. The first-order valence-corrected chi connectivity index (χ1v) is 6.24. The van der Waals surface area contributed by atoms with Crippen LogP contribution in [-0.2, 0) is 0 Å².